The highest BCUT2D eigenvalue weighted by Gasteiger charge is 2.18. The second-order valence-corrected chi connectivity index (χ2v) is 4.55. The zero-order chi connectivity index (χ0) is 10.3. The molecule has 0 atom stereocenters. The molecule has 0 radical (unpaired) electrons. The van der Waals surface area contributed by atoms with E-state index in [1.807, 2.05) is 24.3 Å². The summed E-state index contributed by atoms with van der Waals surface area (Å²) in [5.74, 6) is 0.728. The van der Waals surface area contributed by atoms with E-state index in [0.29, 0.717) is 5.02 Å². The van der Waals surface area contributed by atoms with E-state index in [4.69, 9.17) is 11.6 Å². The first kappa shape index (κ1) is 9.00. The van der Waals surface area contributed by atoms with Gasteiger partial charge in [0.25, 0.3) is 0 Å². The molecule has 0 aliphatic carbocycles. The van der Waals surface area contributed by atoms with Gasteiger partial charge in [-0.25, -0.2) is 0 Å². The Kier molecular flexibility index (Phi) is 2.04. The molecule has 0 spiro atoms. The van der Waals surface area contributed by atoms with Crippen LogP contribution in [-0.2, 0) is 0 Å². The number of anilines is 2. The minimum absolute atomic E-state index is 0.631. The van der Waals surface area contributed by atoms with Crippen molar-refractivity contribution in [3.05, 3.63) is 35.5 Å². The van der Waals surface area contributed by atoms with Gasteiger partial charge in [0.1, 0.15) is 0 Å². The number of hydrogen-bond acceptors (Lipinski definition) is 4. The Labute approximate surface area is 95.9 Å². The van der Waals surface area contributed by atoms with Gasteiger partial charge in [0.2, 0.25) is 0 Å². The third-order valence-corrected chi connectivity index (χ3v) is 3.70. The molecule has 0 fully saturated rings. The lowest BCUT2D eigenvalue weighted by atomic mass is 10.3. The average molecular weight is 236 g/mol. The van der Waals surface area contributed by atoms with E-state index in [1.165, 1.54) is 0 Å². The number of para-hydroxylation sites is 1. The van der Waals surface area contributed by atoms with Crippen molar-refractivity contribution in [2.45, 2.75) is 9.79 Å². The Morgan fingerprint density at radius 1 is 1.27 bits per heavy atom. The molecule has 0 bridgehead atoms. The zero-order valence-corrected chi connectivity index (χ0v) is 9.14. The summed E-state index contributed by atoms with van der Waals surface area (Å²) in [4.78, 5) is 2.09. The fourth-order valence-electron chi connectivity index (χ4n) is 1.43. The maximum atomic E-state index is 6.05. The molecule has 1 N–H and O–H groups in total. The van der Waals surface area contributed by atoms with E-state index >= 15 is 0 Å². The number of rotatable bonds is 0. The summed E-state index contributed by atoms with van der Waals surface area (Å²) in [5.41, 5.74) is 1.05. The number of fused-ring (bicyclic) bond motifs is 2. The van der Waals surface area contributed by atoms with Crippen molar-refractivity contribution < 1.29 is 0 Å². The minimum Gasteiger partial charge on any atom is -0.337 e. The van der Waals surface area contributed by atoms with E-state index in [0.717, 1.165) is 21.3 Å². The third kappa shape index (κ3) is 1.46. The van der Waals surface area contributed by atoms with E-state index in [1.54, 1.807) is 18.0 Å². The summed E-state index contributed by atoms with van der Waals surface area (Å²) in [7, 11) is 0. The fourth-order valence-corrected chi connectivity index (χ4v) is 2.61. The number of aromatic nitrogens is 2. The third-order valence-electron chi connectivity index (χ3n) is 2.11. The number of halogens is 1. The smallest absolute Gasteiger partial charge is 0.168 e. The van der Waals surface area contributed by atoms with Crippen LogP contribution < -0.4 is 5.32 Å². The molecule has 15 heavy (non-hydrogen) atoms. The summed E-state index contributed by atoms with van der Waals surface area (Å²) in [5, 5.41) is 11.7. The van der Waals surface area contributed by atoms with Crippen LogP contribution in [0.1, 0.15) is 0 Å². The van der Waals surface area contributed by atoms with Crippen LogP contribution in [0.3, 0.4) is 0 Å². The lowest BCUT2D eigenvalue weighted by Gasteiger charge is -2.19. The maximum absolute atomic E-state index is 6.05. The first-order valence-corrected chi connectivity index (χ1v) is 5.59. The second kappa shape index (κ2) is 3.40. The van der Waals surface area contributed by atoms with Gasteiger partial charge in [0, 0.05) is 4.90 Å². The fraction of sp³-hybridized carbons (Fsp3) is 0. The Morgan fingerprint density at radius 3 is 3.07 bits per heavy atom. The molecule has 0 saturated carbocycles. The van der Waals surface area contributed by atoms with Crippen molar-refractivity contribution in [3.8, 4) is 0 Å². The van der Waals surface area contributed by atoms with Crippen molar-refractivity contribution >= 4 is 34.9 Å². The molecule has 2 aromatic rings. The van der Waals surface area contributed by atoms with Gasteiger partial charge in [-0.1, -0.05) is 35.5 Å². The highest BCUT2D eigenvalue weighted by Crippen LogP contribution is 2.45. The monoisotopic (exact) mass is 235 g/mol. The molecule has 1 aromatic carbocycles. The predicted octanol–water partition coefficient (Wildman–Crippen LogP) is 3.34. The van der Waals surface area contributed by atoms with Gasteiger partial charge in [0.15, 0.2) is 5.82 Å². The SMILES string of the molecule is Clc1cnnc2c1Sc1ccccc1N2. The van der Waals surface area contributed by atoms with E-state index in [9.17, 15) is 0 Å². The van der Waals surface area contributed by atoms with E-state index in [2.05, 4.69) is 15.5 Å². The van der Waals surface area contributed by atoms with Gasteiger partial charge in [-0.15, -0.1) is 5.10 Å². The number of hydrogen-bond donors (Lipinski definition) is 1. The minimum atomic E-state index is 0.631. The first-order chi connectivity index (χ1) is 7.34. The van der Waals surface area contributed by atoms with Gasteiger partial charge < -0.3 is 5.32 Å². The molecule has 3 rings (SSSR count). The molecular weight excluding hydrogens is 230 g/mol. The number of nitrogens with zero attached hydrogens (tertiary/aromatic N) is 2. The highest BCUT2D eigenvalue weighted by molar-refractivity contribution is 7.99. The lowest BCUT2D eigenvalue weighted by Crippen LogP contribution is -2.03. The molecule has 1 aliphatic heterocycles. The highest BCUT2D eigenvalue weighted by atomic mass is 35.5. The van der Waals surface area contributed by atoms with Crippen LogP contribution in [0, 0.1) is 0 Å². The van der Waals surface area contributed by atoms with Gasteiger partial charge >= 0.3 is 0 Å². The van der Waals surface area contributed by atoms with E-state index in [-0.39, 0.29) is 0 Å². The summed E-state index contributed by atoms with van der Waals surface area (Å²) in [6, 6.07) is 8.04. The second-order valence-electron chi connectivity index (χ2n) is 3.09. The van der Waals surface area contributed by atoms with Crippen LogP contribution in [0.5, 0.6) is 0 Å². The normalized spacial score (nSPS) is 12.6. The van der Waals surface area contributed by atoms with Gasteiger partial charge in [-0.3, -0.25) is 0 Å². The van der Waals surface area contributed by atoms with Crippen LogP contribution >= 0.6 is 23.4 Å². The van der Waals surface area contributed by atoms with Crippen molar-refractivity contribution in [2.24, 2.45) is 0 Å². The molecule has 1 aliphatic rings. The van der Waals surface area contributed by atoms with Gasteiger partial charge in [0.05, 0.1) is 21.8 Å². The largest absolute Gasteiger partial charge is 0.337 e. The van der Waals surface area contributed by atoms with Crippen LogP contribution in [0.15, 0.2) is 40.3 Å². The van der Waals surface area contributed by atoms with Gasteiger partial charge in [-0.05, 0) is 12.1 Å². The zero-order valence-electron chi connectivity index (χ0n) is 7.57. The topological polar surface area (TPSA) is 37.8 Å². The molecule has 5 heteroatoms. The van der Waals surface area contributed by atoms with Crippen molar-refractivity contribution in [1.82, 2.24) is 10.2 Å². The summed E-state index contributed by atoms with van der Waals surface area (Å²) >= 11 is 7.66. The molecule has 1 aromatic heterocycles. The maximum Gasteiger partial charge on any atom is 0.168 e. The Balaban J connectivity index is 2.15. The van der Waals surface area contributed by atoms with Crippen LogP contribution in [0.2, 0.25) is 5.02 Å². The molecule has 0 amide bonds. The van der Waals surface area contributed by atoms with Crippen molar-refractivity contribution in [1.29, 1.82) is 0 Å². The Hall–Kier alpha value is -1.26. The quantitative estimate of drug-likeness (QED) is 0.649. The summed E-state index contributed by atoms with van der Waals surface area (Å²) in [6.07, 6.45) is 1.56. The van der Waals surface area contributed by atoms with Crippen LogP contribution in [-0.4, -0.2) is 10.2 Å². The van der Waals surface area contributed by atoms with Crippen LogP contribution in [0.25, 0.3) is 0 Å². The molecule has 74 valence electrons. The molecular formula is C10H6ClN3S. The predicted molar refractivity (Wildman–Crippen MR) is 60.9 cm³/mol. The van der Waals surface area contributed by atoms with E-state index < -0.39 is 0 Å². The average Bonchev–Trinajstić information content (AvgIpc) is 2.27. The standard InChI is InChI=1S/C10H6ClN3S/c11-6-5-12-14-10-9(6)15-8-4-2-1-3-7(8)13-10/h1-5H,(H,13,14). The number of nitrogens with one attached hydrogen (secondary N) is 1. The molecule has 0 saturated heterocycles. The van der Waals surface area contributed by atoms with Crippen LogP contribution in [0.4, 0.5) is 11.5 Å². The summed E-state index contributed by atoms with van der Waals surface area (Å²) in [6.45, 7) is 0. The lowest BCUT2D eigenvalue weighted by molar-refractivity contribution is 0.998. The first-order valence-electron chi connectivity index (χ1n) is 4.40. The Morgan fingerprint density at radius 2 is 2.13 bits per heavy atom. The number of benzene rings is 1. The molecule has 3 nitrogen and oxygen atoms in total. The van der Waals surface area contributed by atoms with Crippen molar-refractivity contribution in [3.63, 3.8) is 0 Å². The summed E-state index contributed by atoms with van der Waals surface area (Å²) < 4.78 is 0. The van der Waals surface area contributed by atoms with Crippen molar-refractivity contribution in [2.75, 3.05) is 5.32 Å². The Bertz CT molecular complexity index is 530. The molecule has 0 unspecified atom stereocenters. The van der Waals surface area contributed by atoms with Gasteiger partial charge in [-0.2, -0.15) is 5.10 Å². The molecule has 2 heterocycles.